The lowest BCUT2D eigenvalue weighted by atomic mass is 9.87. The maximum atomic E-state index is 4.10. The summed E-state index contributed by atoms with van der Waals surface area (Å²) in [5.74, 6) is 1.66. The second-order valence-corrected chi connectivity index (χ2v) is 6.66. The van der Waals surface area contributed by atoms with Crippen molar-refractivity contribution in [3.63, 3.8) is 0 Å². The van der Waals surface area contributed by atoms with Crippen molar-refractivity contribution in [3.05, 3.63) is 12.2 Å². The highest BCUT2D eigenvalue weighted by molar-refractivity contribution is 4.91. The monoisotopic (exact) mass is 251 g/mol. The van der Waals surface area contributed by atoms with E-state index in [-0.39, 0.29) is 0 Å². The molecule has 1 fully saturated rings. The van der Waals surface area contributed by atoms with Crippen molar-refractivity contribution < 1.29 is 0 Å². The van der Waals surface area contributed by atoms with Gasteiger partial charge in [-0.1, -0.05) is 32.8 Å². The van der Waals surface area contributed by atoms with Crippen LogP contribution < -0.4 is 0 Å². The quantitative estimate of drug-likeness (QED) is 0.528. The maximum absolute atomic E-state index is 4.10. The molecule has 0 heterocycles. The van der Waals surface area contributed by atoms with Gasteiger partial charge in [0.1, 0.15) is 0 Å². The molecule has 0 aromatic rings. The molecule has 0 spiro atoms. The molecule has 0 aromatic carbocycles. The van der Waals surface area contributed by atoms with Crippen LogP contribution in [-0.2, 0) is 0 Å². The molecule has 18 heavy (non-hydrogen) atoms. The molecule has 0 aromatic heterocycles. The molecule has 0 bridgehead atoms. The zero-order chi connectivity index (χ0) is 13.5. The highest BCUT2D eigenvalue weighted by Crippen LogP contribution is 2.27. The Morgan fingerprint density at radius 1 is 1.33 bits per heavy atom. The van der Waals surface area contributed by atoms with E-state index in [9.17, 15) is 0 Å². The van der Waals surface area contributed by atoms with Gasteiger partial charge in [-0.2, -0.15) is 0 Å². The minimum absolute atomic E-state index is 0.813. The second-order valence-electron chi connectivity index (χ2n) is 6.66. The molecule has 1 aliphatic rings. The molecule has 0 amide bonds. The van der Waals surface area contributed by atoms with Gasteiger partial charge >= 0.3 is 0 Å². The summed E-state index contributed by atoms with van der Waals surface area (Å²) in [5.41, 5.74) is 1.35. The molecule has 1 rings (SSSR count). The summed E-state index contributed by atoms with van der Waals surface area (Å²) in [5, 5.41) is 0. The molecule has 1 unspecified atom stereocenters. The first-order chi connectivity index (χ1) is 8.52. The molecule has 106 valence electrons. The molecule has 0 saturated heterocycles. The zero-order valence-corrected chi connectivity index (χ0v) is 13.0. The van der Waals surface area contributed by atoms with Gasteiger partial charge in [0, 0.05) is 6.04 Å². The Morgan fingerprint density at radius 2 is 2.00 bits per heavy atom. The number of hydrogen-bond acceptors (Lipinski definition) is 1. The molecule has 1 heteroatoms. The van der Waals surface area contributed by atoms with Gasteiger partial charge in [0.05, 0.1) is 0 Å². The number of nitrogens with zero attached hydrogens (tertiary/aromatic N) is 1. The van der Waals surface area contributed by atoms with Gasteiger partial charge < -0.3 is 4.90 Å². The van der Waals surface area contributed by atoms with Gasteiger partial charge in [-0.25, -0.2) is 0 Å². The van der Waals surface area contributed by atoms with E-state index < -0.39 is 0 Å². The Labute approximate surface area is 115 Å². The van der Waals surface area contributed by atoms with Crippen LogP contribution in [0.4, 0.5) is 0 Å². The number of rotatable bonds is 9. The summed E-state index contributed by atoms with van der Waals surface area (Å²) in [7, 11) is 0. The second kappa shape index (κ2) is 7.99. The van der Waals surface area contributed by atoms with Gasteiger partial charge in [0.2, 0.25) is 0 Å². The average Bonchev–Trinajstić information content (AvgIpc) is 2.19. The molecule has 0 radical (unpaired) electrons. The van der Waals surface area contributed by atoms with E-state index in [4.69, 9.17) is 0 Å². The van der Waals surface area contributed by atoms with E-state index >= 15 is 0 Å². The summed E-state index contributed by atoms with van der Waals surface area (Å²) < 4.78 is 0. The average molecular weight is 251 g/mol. The third kappa shape index (κ3) is 5.56. The Balaban J connectivity index is 2.35. The van der Waals surface area contributed by atoms with E-state index in [0.29, 0.717) is 0 Å². The smallest absolute Gasteiger partial charge is 0.00951 e. The molecule has 0 N–H and O–H groups in total. The first-order valence-electron chi connectivity index (χ1n) is 7.91. The first kappa shape index (κ1) is 15.8. The van der Waals surface area contributed by atoms with Gasteiger partial charge in [-0.05, 0) is 64.0 Å². The van der Waals surface area contributed by atoms with Gasteiger partial charge in [-0.15, -0.1) is 6.58 Å². The van der Waals surface area contributed by atoms with Crippen LogP contribution >= 0.6 is 0 Å². The van der Waals surface area contributed by atoms with Crippen molar-refractivity contribution in [1.29, 1.82) is 0 Å². The Bertz CT molecular complexity index is 240. The van der Waals surface area contributed by atoms with Crippen molar-refractivity contribution in [1.82, 2.24) is 4.90 Å². The molecule has 0 aliphatic heterocycles. The standard InChI is InChI=1S/C17H33N/c1-6-18(17-8-7-9-17)11-10-16(12-14(2)3)13-15(4)5/h15-17H,2,6-13H2,1,3-5H3. The summed E-state index contributed by atoms with van der Waals surface area (Å²) in [6.45, 7) is 15.8. The lowest BCUT2D eigenvalue weighted by Crippen LogP contribution is -2.41. The van der Waals surface area contributed by atoms with E-state index in [1.807, 2.05) is 0 Å². The van der Waals surface area contributed by atoms with Crippen LogP contribution in [0.2, 0.25) is 0 Å². The lowest BCUT2D eigenvalue weighted by molar-refractivity contribution is 0.123. The van der Waals surface area contributed by atoms with Gasteiger partial charge in [-0.3, -0.25) is 0 Å². The molecular weight excluding hydrogens is 218 g/mol. The fraction of sp³-hybridized carbons (Fsp3) is 0.882. The SMILES string of the molecule is C=C(C)CC(CCN(CC)C1CCC1)CC(C)C. The van der Waals surface area contributed by atoms with Crippen molar-refractivity contribution in [2.24, 2.45) is 11.8 Å². The Hall–Kier alpha value is -0.300. The molecular formula is C17H33N. The normalized spacial score (nSPS) is 18.1. The van der Waals surface area contributed by atoms with Crippen LogP contribution in [0.5, 0.6) is 0 Å². The van der Waals surface area contributed by atoms with Crippen molar-refractivity contribution in [3.8, 4) is 0 Å². The Kier molecular flexibility index (Phi) is 6.99. The van der Waals surface area contributed by atoms with E-state index in [2.05, 4.69) is 39.2 Å². The maximum Gasteiger partial charge on any atom is 0.00951 e. The Morgan fingerprint density at radius 3 is 2.39 bits per heavy atom. The van der Waals surface area contributed by atoms with Crippen LogP contribution in [0.1, 0.15) is 66.2 Å². The summed E-state index contributed by atoms with van der Waals surface area (Å²) >= 11 is 0. The van der Waals surface area contributed by atoms with Crippen LogP contribution in [-0.4, -0.2) is 24.0 Å². The molecule has 1 aliphatic carbocycles. The predicted molar refractivity (Wildman–Crippen MR) is 81.9 cm³/mol. The van der Waals surface area contributed by atoms with E-state index in [1.165, 1.54) is 57.2 Å². The third-order valence-electron chi connectivity index (χ3n) is 4.26. The van der Waals surface area contributed by atoms with Crippen LogP contribution in [0.3, 0.4) is 0 Å². The topological polar surface area (TPSA) is 3.24 Å². The number of allylic oxidation sites excluding steroid dienone is 1. The lowest BCUT2D eigenvalue weighted by Gasteiger charge is -2.37. The molecule has 1 nitrogen and oxygen atoms in total. The van der Waals surface area contributed by atoms with Crippen LogP contribution in [0.15, 0.2) is 12.2 Å². The van der Waals surface area contributed by atoms with Crippen LogP contribution in [0.25, 0.3) is 0 Å². The summed E-state index contributed by atoms with van der Waals surface area (Å²) in [4.78, 5) is 2.70. The van der Waals surface area contributed by atoms with Crippen LogP contribution in [0, 0.1) is 11.8 Å². The van der Waals surface area contributed by atoms with E-state index in [0.717, 1.165) is 17.9 Å². The minimum atomic E-state index is 0.813. The molecule has 1 atom stereocenters. The predicted octanol–water partition coefficient (Wildman–Crippen LogP) is 4.88. The molecule has 1 saturated carbocycles. The van der Waals surface area contributed by atoms with Crippen molar-refractivity contribution in [2.75, 3.05) is 13.1 Å². The largest absolute Gasteiger partial charge is 0.301 e. The number of hydrogen-bond donors (Lipinski definition) is 0. The minimum Gasteiger partial charge on any atom is -0.301 e. The van der Waals surface area contributed by atoms with Gasteiger partial charge in [0.15, 0.2) is 0 Å². The zero-order valence-electron chi connectivity index (χ0n) is 13.0. The summed E-state index contributed by atoms with van der Waals surface area (Å²) in [6, 6.07) is 0.902. The van der Waals surface area contributed by atoms with E-state index in [1.54, 1.807) is 0 Å². The highest BCUT2D eigenvalue weighted by Gasteiger charge is 2.24. The fourth-order valence-corrected chi connectivity index (χ4v) is 3.16. The fourth-order valence-electron chi connectivity index (χ4n) is 3.16. The van der Waals surface area contributed by atoms with Gasteiger partial charge in [0.25, 0.3) is 0 Å². The van der Waals surface area contributed by atoms with Crippen molar-refractivity contribution in [2.45, 2.75) is 72.3 Å². The first-order valence-corrected chi connectivity index (χ1v) is 7.91. The van der Waals surface area contributed by atoms with Crippen molar-refractivity contribution >= 4 is 0 Å². The summed E-state index contributed by atoms with van der Waals surface area (Å²) in [6.07, 6.45) is 8.25. The third-order valence-corrected chi connectivity index (χ3v) is 4.26. The highest BCUT2D eigenvalue weighted by atomic mass is 15.2.